The number of esters is 1. The van der Waals surface area contributed by atoms with E-state index in [1.807, 2.05) is 0 Å². The number of aliphatic hydroxyl groups excluding tert-OH is 2. The number of Topliss-reactive ketones (excluding diaryl/α,β-unsaturated/α-hetero) is 1. The Morgan fingerprint density at radius 3 is 2.11 bits per heavy atom. The molecule has 0 amide bonds. The molecule has 1 aliphatic heterocycles. The SMILES string of the molecule is CC1=C2C(O)C(=O)[C@]3(C)C(OP(P(P)P)P(P)P)CC4OCC4(O)C3C(OC(=O)c3ccccc3)C(O)(CC1O)C2(C)C.[Ac].[Ac]. The zero-order valence-corrected chi connectivity index (χ0v) is 42.4. The molecule has 0 aromatic heterocycles. The zero-order valence-electron chi connectivity index (χ0n) is 25.6. The summed E-state index contributed by atoms with van der Waals surface area (Å²) >= 11 is 0. The minimum absolute atomic E-state index is 0. The van der Waals surface area contributed by atoms with Crippen molar-refractivity contribution in [2.75, 3.05) is 6.61 Å². The topological polar surface area (TPSA) is 143 Å². The molecule has 244 valence electrons. The third-order valence-corrected chi connectivity index (χ3v) is 32.7. The van der Waals surface area contributed by atoms with Crippen LogP contribution in [0.3, 0.4) is 0 Å². The van der Waals surface area contributed by atoms with Crippen LogP contribution in [0.5, 0.6) is 0 Å². The third kappa shape index (κ3) is 7.21. The van der Waals surface area contributed by atoms with E-state index in [1.165, 1.54) is 0 Å². The van der Waals surface area contributed by atoms with Crippen molar-refractivity contribution in [1.82, 2.24) is 0 Å². The van der Waals surface area contributed by atoms with Crippen molar-refractivity contribution in [1.29, 1.82) is 0 Å². The van der Waals surface area contributed by atoms with Crippen molar-refractivity contribution in [3.8, 4) is 0 Å². The molecular weight excluding hydrogens is 1140 g/mol. The molecule has 4 N–H and O–H groups in total. The van der Waals surface area contributed by atoms with Crippen LogP contribution in [0.15, 0.2) is 41.5 Å². The number of ether oxygens (including phenoxy) is 2. The largest absolute Gasteiger partial charge is 0.455 e. The van der Waals surface area contributed by atoms with E-state index in [9.17, 15) is 30.0 Å². The Balaban J connectivity index is 0.00000276. The summed E-state index contributed by atoms with van der Waals surface area (Å²) in [6.07, 6.45) is -6.05. The van der Waals surface area contributed by atoms with Crippen LogP contribution in [-0.2, 0) is 18.8 Å². The van der Waals surface area contributed by atoms with E-state index in [0.717, 1.165) is 0 Å². The van der Waals surface area contributed by atoms with Gasteiger partial charge in [-0.1, -0.05) is 32.0 Å². The van der Waals surface area contributed by atoms with Gasteiger partial charge in [0.25, 0.3) is 0 Å². The number of rotatable bonds is 6. The number of benzene rings is 1. The summed E-state index contributed by atoms with van der Waals surface area (Å²) in [5, 5.41) is 48.3. The second-order valence-electron chi connectivity index (χ2n) is 12.7. The molecule has 0 spiro atoms. The molecule has 1 heterocycles. The number of hydrogen-bond acceptors (Lipinski definition) is 9. The molecule has 2 radical (unpaired) electrons. The molecule has 9 nitrogen and oxygen atoms in total. The Bertz CT molecular complexity index is 1320. The first-order valence-electron chi connectivity index (χ1n) is 13.9. The van der Waals surface area contributed by atoms with Gasteiger partial charge < -0.3 is 34.4 Å². The summed E-state index contributed by atoms with van der Waals surface area (Å²) in [4.78, 5) is 28.6. The van der Waals surface area contributed by atoms with Gasteiger partial charge in [0, 0.05) is 112 Å². The molecule has 2 bridgehead atoms. The average molecular weight is 1180 g/mol. The molecule has 1 aromatic rings. The Hall–Kier alpha value is 3.75. The van der Waals surface area contributed by atoms with Gasteiger partial charge in [-0.15, -0.1) is 35.7 Å². The van der Waals surface area contributed by atoms with Crippen LogP contribution in [0.2, 0.25) is 0 Å². The minimum Gasteiger partial charge on any atom is -0.455 e. The molecular formula is C27H41Ac2O9P7. The first-order valence-corrected chi connectivity index (χ1v) is 25.7. The van der Waals surface area contributed by atoms with Crippen molar-refractivity contribution in [3.05, 3.63) is 47.0 Å². The van der Waals surface area contributed by atoms with E-state index >= 15 is 0 Å². The van der Waals surface area contributed by atoms with E-state index in [4.69, 9.17) is 14.0 Å². The second kappa shape index (κ2) is 16.0. The van der Waals surface area contributed by atoms with Gasteiger partial charge in [-0.25, -0.2) is 4.79 Å². The summed E-state index contributed by atoms with van der Waals surface area (Å²) in [5.41, 5.74) is -5.82. The van der Waals surface area contributed by atoms with Gasteiger partial charge in [-0.05, 0) is 51.1 Å². The summed E-state index contributed by atoms with van der Waals surface area (Å²) in [7, 11) is 10.1. The molecule has 13 atom stereocenters. The molecule has 5 rings (SSSR count). The first kappa shape index (κ1) is 43.2. The van der Waals surface area contributed by atoms with Crippen LogP contribution in [0.4, 0.5) is 0 Å². The van der Waals surface area contributed by atoms with Gasteiger partial charge >= 0.3 is 5.97 Å². The molecule has 45 heavy (non-hydrogen) atoms. The Morgan fingerprint density at radius 2 is 1.60 bits per heavy atom. The van der Waals surface area contributed by atoms with Crippen molar-refractivity contribution in [2.24, 2.45) is 16.7 Å². The zero-order chi connectivity index (χ0) is 31.9. The Labute approximate surface area is 349 Å². The van der Waals surface area contributed by atoms with Crippen LogP contribution in [0.25, 0.3) is 0 Å². The fourth-order valence-corrected chi connectivity index (χ4v) is 40.6. The maximum Gasteiger partial charge on any atom is 0.338 e. The molecule has 2 saturated carbocycles. The third-order valence-electron chi connectivity index (χ3n) is 10.2. The quantitative estimate of drug-likeness (QED) is 0.178. The number of aliphatic hydroxyl groups is 4. The van der Waals surface area contributed by atoms with Crippen LogP contribution in [0, 0.1) is 105 Å². The minimum atomic E-state index is -2.00. The van der Waals surface area contributed by atoms with E-state index in [0.29, 0.717) is 5.57 Å². The standard InChI is InChI=1S/C27H41O9P7.2Ac/c1-13-15(28)11-27(33)22(35-23(31)14-8-6-5-7-9-14)20-25(4,21(30)19(29)18(13)24(27,2)3)16(10-17-26(20,32)12-34-17)36-41(42(37)38)43(39)40;;/h5-9,15-17,19-20,22,28-29,32-33H,10-12,37-40H2,1-4H3;;/t15?,16?,17?,19?,20?,22?,25-,26?,27?;;/m1../s1. The smallest absolute Gasteiger partial charge is 0.338 e. The van der Waals surface area contributed by atoms with Crippen LogP contribution < -0.4 is 0 Å². The van der Waals surface area contributed by atoms with E-state index in [2.05, 4.69) is 35.7 Å². The predicted octanol–water partition coefficient (Wildman–Crippen LogP) is 4.89. The average Bonchev–Trinajstić information content (AvgIpc) is 2.93. The number of hydrogen-bond donors (Lipinski definition) is 4. The normalized spacial score (nSPS) is 38.7. The summed E-state index contributed by atoms with van der Waals surface area (Å²) in [6, 6.07) is 8.32. The molecule has 18 heteroatoms. The number of carbonyl (C=O) groups excluding carboxylic acids is 2. The number of carbonyl (C=O) groups is 2. The fourth-order valence-electron chi connectivity index (χ4n) is 7.74. The van der Waals surface area contributed by atoms with Gasteiger partial charge in [0.05, 0.1) is 43.4 Å². The predicted molar refractivity (Wildman–Crippen MR) is 184 cm³/mol. The molecule has 12 unspecified atom stereocenters. The van der Waals surface area contributed by atoms with E-state index < -0.39 is 91.7 Å². The van der Waals surface area contributed by atoms with Gasteiger partial charge in [-0.3, -0.25) is 4.79 Å². The van der Waals surface area contributed by atoms with E-state index in [-0.39, 0.29) is 119 Å². The van der Waals surface area contributed by atoms with Gasteiger partial charge in [0.1, 0.15) is 23.4 Å². The van der Waals surface area contributed by atoms with Crippen molar-refractivity contribution >= 4 is 69.0 Å². The number of fused-ring (bicyclic) bond motifs is 5. The summed E-state index contributed by atoms with van der Waals surface area (Å²) in [5.74, 6) is -2.58. The summed E-state index contributed by atoms with van der Waals surface area (Å²) in [6.45, 7) is 5.06. The van der Waals surface area contributed by atoms with Crippen LogP contribution in [-0.4, -0.2) is 80.5 Å². The van der Waals surface area contributed by atoms with Gasteiger partial charge in [0.15, 0.2) is 5.78 Å². The van der Waals surface area contributed by atoms with Crippen LogP contribution >= 0.6 is 57.2 Å². The Kier molecular flexibility index (Phi) is 15.4. The fraction of sp³-hybridized carbons (Fsp3) is 0.630. The van der Waals surface area contributed by atoms with Gasteiger partial charge in [0.2, 0.25) is 0 Å². The molecule has 4 aliphatic rings. The maximum atomic E-state index is 14.8. The number of ketones is 1. The molecule has 1 aromatic carbocycles. The molecule has 1 saturated heterocycles. The maximum absolute atomic E-state index is 14.8. The molecule has 3 fully saturated rings. The second-order valence-corrected chi connectivity index (χ2v) is 36.3. The summed E-state index contributed by atoms with van der Waals surface area (Å²) < 4.78 is 19.0. The van der Waals surface area contributed by atoms with E-state index in [1.54, 1.807) is 58.0 Å². The monoisotopic (exact) mass is 1180 g/mol. The van der Waals surface area contributed by atoms with Crippen molar-refractivity contribution in [3.63, 3.8) is 0 Å². The Morgan fingerprint density at radius 1 is 1.02 bits per heavy atom. The van der Waals surface area contributed by atoms with Gasteiger partial charge in [-0.2, -0.15) is 0 Å². The van der Waals surface area contributed by atoms with Crippen molar-refractivity contribution in [2.45, 2.75) is 82.3 Å². The molecule has 3 aliphatic carbocycles. The van der Waals surface area contributed by atoms with Crippen molar-refractivity contribution < 1.29 is 132 Å². The first-order chi connectivity index (χ1) is 19.9. The van der Waals surface area contributed by atoms with Crippen LogP contribution in [0.1, 0.15) is 50.9 Å².